The van der Waals surface area contributed by atoms with Crippen LogP contribution in [0.4, 0.5) is 3.89 Å². The first-order valence-electron chi connectivity index (χ1n) is 8.42. The van der Waals surface area contributed by atoms with Crippen LogP contribution in [0.1, 0.15) is 47.4 Å². The second kappa shape index (κ2) is 7.17. The lowest BCUT2D eigenvalue weighted by molar-refractivity contribution is 0.00578. The van der Waals surface area contributed by atoms with Crippen molar-refractivity contribution in [3.8, 4) is 5.75 Å². The van der Waals surface area contributed by atoms with Gasteiger partial charge in [-0.25, -0.2) is 8.96 Å². The number of aryl methyl sites for hydroxylation is 1. The van der Waals surface area contributed by atoms with Gasteiger partial charge in [-0.1, -0.05) is 13.8 Å². The van der Waals surface area contributed by atoms with Crippen LogP contribution in [0.3, 0.4) is 0 Å². The largest absolute Gasteiger partial charge is 0.498 e. The Morgan fingerprint density at radius 3 is 2.20 bits per heavy atom. The number of rotatable bonds is 3. The molecule has 5 nitrogen and oxygen atoms in total. The molecule has 0 bridgehead atoms. The molecule has 1 aromatic heterocycles. The van der Waals surface area contributed by atoms with Gasteiger partial charge < -0.3 is 14.0 Å². The molecule has 0 spiro atoms. The summed E-state index contributed by atoms with van der Waals surface area (Å²) in [6.45, 7) is 13.7. The smallest absolute Gasteiger partial charge is 0.497 e. The fourth-order valence-electron chi connectivity index (χ4n) is 2.64. The van der Waals surface area contributed by atoms with E-state index in [9.17, 15) is 3.89 Å². The summed E-state index contributed by atoms with van der Waals surface area (Å²) in [5.41, 5.74) is 1.21. The van der Waals surface area contributed by atoms with Crippen LogP contribution in [0.25, 0.3) is 11.0 Å². The Morgan fingerprint density at radius 2 is 1.72 bits per heavy atom. The van der Waals surface area contributed by atoms with Crippen molar-refractivity contribution >= 4 is 35.9 Å². The van der Waals surface area contributed by atoms with E-state index >= 15 is 0 Å². The van der Waals surface area contributed by atoms with Crippen LogP contribution in [-0.4, -0.2) is 34.4 Å². The summed E-state index contributed by atoms with van der Waals surface area (Å²) in [6.07, 6.45) is 0. The van der Waals surface area contributed by atoms with E-state index in [4.69, 9.17) is 14.0 Å². The highest BCUT2D eigenvalue weighted by atomic mass is 32.2. The molecular formula is C17H26BFN2O3S. The highest BCUT2D eigenvalue weighted by Crippen LogP contribution is 2.37. The zero-order valence-corrected chi connectivity index (χ0v) is 17.0. The molecule has 1 saturated heterocycles. The lowest BCUT2D eigenvalue weighted by atomic mass is 9.78. The number of halogens is 1. The standard InChI is InChI=1S/C15H20BFN2O3S.C2H6/c1-9-18-11-7-10(13(20-6)8-12(11)19(9)23-17)16-21-14(2,3)15(4,5)22-16;1-2/h7-8H,1-6H3;1-2H3. The molecule has 1 aliphatic heterocycles. The van der Waals surface area contributed by atoms with Crippen LogP contribution in [0.15, 0.2) is 12.1 Å². The molecule has 0 radical (unpaired) electrons. The number of ether oxygens (including phenoxy) is 1. The van der Waals surface area contributed by atoms with E-state index in [1.54, 1.807) is 20.1 Å². The van der Waals surface area contributed by atoms with Gasteiger partial charge in [0.2, 0.25) is 0 Å². The minimum absolute atomic E-state index is 0.124. The molecule has 2 aromatic rings. The van der Waals surface area contributed by atoms with E-state index in [2.05, 4.69) is 4.98 Å². The third-order valence-corrected chi connectivity index (χ3v) is 5.30. The number of aromatic nitrogens is 2. The average molecular weight is 368 g/mol. The lowest BCUT2D eigenvalue weighted by Crippen LogP contribution is -2.41. The molecular weight excluding hydrogens is 342 g/mol. The van der Waals surface area contributed by atoms with Gasteiger partial charge in [-0.05, 0) is 40.7 Å². The van der Waals surface area contributed by atoms with Crippen molar-refractivity contribution in [2.24, 2.45) is 0 Å². The van der Waals surface area contributed by atoms with E-state index in [1.807, 2.05) is 47.6 Å². The highest BCUT2D eigenvalue weighted by Gasteiger charge is 2.52. The topological polar surface area (TPSA) is 45.5 Å². The SMILES string of the molecule is CC.COc1cc2c(cc1B1OC(C)(C)C(C)(C)O1)nc(C)n2SF. The van der Waals surface area contributed by atoms with E-state index in [0.717, 1.165) is 5.46 Å². The summed E-state index contributed by atoms with van der Waals surface area (Å²) in [6, 6.07) is 3.61. The fraction of sp³-hybridized carbons (Fsp3) is 0.588. The summed E-state index contributed by atoms with van der Waals surface area (Å²) in [5.74, 6) is 1.17. The third-order valence-electron chi connectivity index (χ3n) is 4.70. The van der Waals surface area contributed by atoms with Gasteiger partial charge in [0.25, 0.3) is 0 Å². The lowest BCUT2D eigenvalue weighted by Gasteiger charge is -2.32. The zero-order valence-electron chi connectivity index (χ0n) is 16.1. The molecule has 3 rings (SSSR count). The molecule has 0 saturated carbocycles. The van der Waals surface area contributed by atoms with Crippen molar-refractivity contribution in [1.82, 2.24) is 8.96 Å². The van der Waals surface area contributed by atoms with Crippen LogP contribution in [-0.2, 0) is 9.31 Å². The fourth-order valence-corrected chi connectivity index (χ4v) is 3.00. The van der Waals surface area contributed by atoms with Crippen molar-refractivity contribution in [3.05, 3.63) is 18.0 Å². The molecule has 0 N–H and O–H groups in total. The van der Waals surface area contributed by atoms with Crippen LogP contribution >= 0.6 is 12.3 Å². The molecule has 0 aliphatic carbocycles. The van der Waals surface area contributed by atoms with Crippen molar-refractivity contribution < 1.29 is 17.9 Å². The van der Waals surface area contributed by atoms with Crippen molar-refractivity contribution in [3.63, 3.8) is 0 Å². The first-order valence-corrected chi connectivity index (χ1v) is 9.09. The van der Waals surface area contributed by atoms with Gasteiger partial charge in [0, 0.05) is 11.5 Å². The number of hydrogen-bond acceptors (Lipinski definition) is 5. The maximum absolute atomic E-state index is 13.1. The first kappa shape index (κ1) is 20.1. The maximum atomic E-state index is 13.1. The molecule has 1 aromatic carbocycles. The number of benzene rings is 1. The molecule has 8 heteroatoms. The Labute approximate surface area is 153 Å². The summed E-state index contributed by atoms with van der Waals surface area (Å²) in [5, 5.41) is 0. The highest BCUT2D eigenvalue weighted by molar-refractivity contribution is 7.92. The number of hydrogen-bond donors (Lipinski definition) is 0. The van der Waals surface area contributed by atoms with Crippen molar-refractivity contribution in [2.45, 2.75) is 59.7 Å². The minimum Gasteiger partial charge on any atom is -0.497 e. The average Bonchev–Trinajstić information content (AvgIpc) is 2.98. The van der Waals surface area contributed by atoms with Gasteiger partial charge in [0.05, 0.1) is 29.3 Å². The number of methoxy groups -OCH3 is 1. The number of fused-ring (bicyclic) bond motifs is 1. The normalized spacial score (nSPS) is 18.2. The molecule has 2 heterocycles. The summed E-state index contributed by atoms with van der Waals surface area (Å²) in [7, 11) is 1.02. The van der Waals surface area contributed by atoms with Gasteiger partial charge in [-0.15, -0.1) is 3.89 Å². The Bertz CT molecular complexity index is 748. The predicted molar refractivity (Wildman–Crippen MR) is 102 cm³/mol. The Balaban J connectivity index is 0.00000109. The monoisotopic (exact) mass is 368 g/mol. The van der Waals surface area contributed by atoms with Gasteiger partial charge in [-0.3, -0.25) is 0 Å². The van der Waals surface area contributed by atoms with Crippen LogP contribution in [0.2, 0.25) is 0 Å². The van der Waals surface area contributed by atoms with E-state index in [-0.39, 0.29) is 12.3 Å². The quantitative estimate of drug-likeness (QED) is 0.765. The van der Waals surface area contributed by atoms with Gasteiger partial charge in [0.15, 0.2) is 12.3 Å². The summed E-state index contributed by atoms with van der Waals surface area (Å²) in [4.78, 5) is 4.40. The molecule has 138 valence electrons. The Hall–Kier alpha value is -1.25. The van der Waals surface area contributed by atoms with E-state index < -0.39 is 18.3 Å². The predicted octanol–water partition coefficient (Wildman–Crippen LogP) is 4.06. The Kier molecular flexibility index (Phi) is 5.76. The van der Waals surface area contributed by atoms with Crippen molar-refractivity contribution in [2.75, 3.05) is 7.11 Å². The molecule has 1 aliphatic rings. The van der Waals surface area contributed by atoms with Crippen LogP contribution in [0, 0.1) is 6.92 Å². The third kappa shape index (κ3) is 3.39. The van der Waals surface area contributed by atoms with Gasteiger partial charge in [0.1, 0.15) is 11.6 Å². The molecule has 25 heavy (non-hydrogen) atoms. The first-order chi connectivity index (χ1) is 11.7. The van der Waals surface area contributed by atoms with E-state index in [0.29, 0.717) is 22.6 Å². The molecule has 0 amide bonds. The van der Waals surface area contributed by atoms with E-state index in [1.165, 1.54) is 3.97 Å². The second-order valence-electron chi connectivity index (χ2n) is 6.69. The minimum atomic E-state index is -0.553. The summed E-state index contributed by atoms with van der Waals surface area (Å²) >= 11 is 0.124. The number of nitrogens with zero attached hydrogens (tertiary/aromatic N) is 2. The zero-order chi connectivity index (χ0) is 19.0. The molecule has 0 atom stereocenters. The second-order valence-corrected chi connectivity index (χ2v) is 7.20. The van der Waals surface area contributed by atoms with Crippen LogP contribution < -0.4 is 10.2 Å². The van der Waals surface area contributed by atoms with Crippen molar-refractivity contribution in [1.29, 1.82) is 0 Å². The van der Waals surface area contributed by atoms with Gasteiger partial charge in [-0.2, -0.15) is 0 Å². The Morgan fingerprint density at radius 1 is 1.16 bits per heavy atom. The molecule has 1 fully saturated rings. The van der Waals surface area contributed by atoms with Crippen LogP contribution in [0.5, 0.6) is 5.75 Å². The molecule has 0 unspecified atom stereocenters. The van der Waals surface area contributed by atoms with Gasteiger partial charge >= 0.3 is 7.12 Å². The number of imidazole rings is 1. The summed E-state index contributed by atoms with van der Waals surface area (Å²) < 4.78 is 32.2. The maximum Gasteiger partial charge on any atom is 0.498 e.